The molecule has 1 aliphatic heterocycles. The van der Waals surface area contributed by atoms with Crippen LogP contribution >= 0.6 is 11.8 Å². The van der Waals surface area contributed by atoms with Crippen LogP contribution in [0.25, 0.3) is 6.08 Å². The molecule has 7 heteroatoms. The van der Waals surface area contributed by atoms with E-state index in [1.807, 2.05) is 38.1 Å². The molecule has 1 aromatic heterocycles. The number of rotatable bonds is 4. The van der Waals surface area contributed by atoms with Crippen LogP contribution in [0.2, 0.25) is 0 Å². The van der Waals surface area contributed by atoms with Gasteiger partial charge in [0.1, 0.15) is 11.3 Å². The number of carbonyl (C=O) groups is 3. The maximum Gasteiger partial charge on any atom is 0.335 e. The first-order chi connectivity index (χ1) is 14.4. The molecule has 1 aliphatic rings. The molecule has 3 aromatic rings. The number of amides is 4. The van der Waals surface area contributed by atoms with Crippen molar-refractivity contribution in [2.24, 2.45) is 0 Å². The lowest BCUT2D eigenvalue weighted by Crippen LogP contribution is -2.54. The minimum Gasteiger partial charge on any atom is -0.450 e. The van der Waals surface area contributed by atoms with Gasteiger partial charge in [-0.15, -0.1) is 0 Å². The van der Waals surface area contributed by atoms with Crippen LogP contribution in [0.4, 0.5) is 10.5 Å². The van der Waals surface area contributed by atoms with Crippen LogP contribution in [0.3, 0.4) is 0 Å². The van der Waals surface area contributed by atoms with Gasteiger partial charge in [-0.25, -0.2) is 9.69 Å². The topological polar surface area (TPSA) is 79.6 Å². The molecule has 0 saturated carbocycles. The maximum absolute atomic E-state index is 12.9. The molecule has 2 aromatic carbocycles. The molecule has 1 saturated heterocycles. The molecule has 0 radical (unpaired) electrons. The summed E-state index contributed by atoms with van der Waals surface area (Å²) in [6, 6.07) is 17.6. The van der Waals surface area contributed by atoms with Crippen LogP contribution in [-0.4, -0.2) is 17.8 Å². The number of imide groups is 2. The molecule has 4 rings (SSSR count). The summed E-state index contributed by atoms with van der Waals surface area (Å²) < 4.78 is 5.75. The van der Waals surface area contributed by atoms with Crippen molar-refractivity contribution in [2.75, 3.05) is 4.90 Å². The van der Waals surface area contributed by atoms with Gasteiger partial charge >= 0.3 is 6.03 Å². The van der Waals surface area contributed by atoms with Gasteiger partial charge in [0, 0.05) is 4.90 Å². The molecular formula is C23H18N2O4S. The summed E-state index contributed by atoms with van der Waals surface area (Å²) in [4.78, 5) is 39.4. The predicted octanol–water partition coefficient (Wildman–Crippen LogP) is 4.71. The standard InChI is InChI=1S/C23H18N2O4S/c1-14-3-7-16(8-4-14)25-22(27)19(21(26)24-23(25)28)13-17-9-12-20(29-17)30-18-10-5-15(2)6-11-18/h3-13H,1-2H3,(H,24,26,28)/b19-13+. The van der Waals surface area contributed by atoms with Gasteiger partial charge in [-0.05, 0) is 56.3 Å². The number of hydrogen-bond acceptors (Lipinski definition) is 5. The summed E-state index contributed by atoms with van der Waals surface area (Å²) in [6.07, 6.45) is 1.35. The average molecular weight is 418 g/mol. The molecule has 2 heterocycles. The Bertz CT molecular complexity index is 1160. The lowest BCUT2D eigenvalue weighted by Gasteiger charge is -2.26. The molecule has 0 atom stereocenters. The summed E-state index contributed by atoms with van der Waals surface area (Å²) in [5.41, 5.74) is 2.37. The smallest absolute Gasteiger partial charge is 0.335 e. The minimum absolute atomic E-state index is 0.170. The zero-order valence-electron chi connectivity index (χ0n) is 16.3. The lowest BCUT2D eigenvalue weighted by molar-refractivity contribution is -0.122. The fourth-order valence-corrected chi connectivity index (χ4v) is 3.70. The van der Waals surface area contributed by atoms with Crippen molar-refractivity contribution in [3.05, 3.63) is 83.1 Å². The average Bonchev–Trinajstić information content (AvgIpc) is 3.15. The normalized spacial score (nSPS) is 15.6. The quantitative estimate of drug-likeness (QED) is 0.490. The van der Waals surface area contributed by atoms with Crippen molar-refractivity contribution in [3.63, 3.8) is 0 Å². The molecule has 30 heavy (non-hydrogen) atoms. The molecule has 1 N–H and O–H groups in total. The summed E-state index contributed by atoms with van der Waals surface area (Å²) in [5, 5.41) is 2.83. The van der Waals surface area contributed by atoms with Crippen LogP contribution in [-0.2, 0) is 9.59 Å². The predicted molar refractivity (Wildman–Crippen MR) is 114 cm³/mol. The maximum atomic E-state index is 12.9. The zero-order chi connectivity index (χ0) is 21.3. The van der Waals surface area contributed by atoms with E-state index in [0.717, 1.165) is 15.4 Å². The van der Waals surface area contributed by atoms with Gasteiger partial charge in [0.05, 0.1) is 5.69 Å². The highest BCUT2D eigenvalue weighted by Gasteiger charge is 2.37. The van der Waals surface area contributed by atoms with Crippen molar-refractivity contribution < 1.29 is 18.8 Å². The fraction of sp³-hybridized carbons (Fsp3) is 0.0870. The van der Waals surface area contributed by atoms with E-state index in [9.17, 15) is 14.4 Å². The first kappa shape index (κ1) is 19.7. The largest absolute Gasteiger partial charge is 0.450 e. The van der Waals surface area contributed by atoms with Crippen LogP contribution in [0.15, 0.2) is 80.6 Å². The Balaban J connectivity index is 1.59. The molecular weight excluding hydrogens is 400 g/mol. The van der Waals surface area contributed by atoms with Gasteiger partial charge in [-0.3, -0.25) is 14.9 Å². The summed E-state index contributed by atoms with van der Waals surface area (Å²) in [5.74, 6) is -1.10. The second-order valence-corrected chi connectivity index (χ2v) is 7.94. The van der Waals surface area contributed by atoms with Crippen molar-refractivity contribution >= 4 is 41.4 Å². The number of carbonyl (C=O) groups excluding carboxylic acids is 3. The van der Waals surface area contributed by atoms with E-state index in [2.05, 4.69) is 5.32 Å². The van der Waals surface area contributed by atoms with E-state index in [1.54, 1.807) is 36.4 Å². The molecule has 0 aliphatic carbocycles. The molecule has 150 valence electrons. The number of barbiturate groups is 1. The van der Waals surface area contributed by atoms with Crippen molar-refractivity contribution in [2.45, 2.75) is 23.8 Å². The Morgan fingerprint density at radius 1 is 0.867 bits per heavy atom. The van der Waals surface area contributed by atoms with Crippen molar-refractivity contribution in [3.8, 4) is 0 Å². The number of hydrogen-bond donors (Lipinski definition) is 1. The third-order valence-electron chi connectivity index (χ3n) is 4.52. The third kappa shape index (κ3) is 4.06. The van der Waals surface area contributed by atoms with E-state index in [1.165, 1.54) is 23.4 Å². The lowest BCUT2D eigenvalue weighted by atomic mass is 10.1. The van der Waals surface area contributed by atoms with Crippen LogP contribution in [0.5, 0.6) is 0 Å². The molecule has 0 unspecified atom stereocenters. The van der Waals surface area contributed by atoms with Gasteiger partial charge < -0.3 is 4.42 Å². The summed E-state index contributed by atoms with van der Waals surface area (Å²) in [6.45, 7) is 3.92. The highest BCUT2D eigenvalue weighted by molar-refractivity contribution is 7.99. The highest BCUT2D eigenvalue weighted by atomic mass is 32.2. The summed E-state index contributed by atoms with van der Waals surface area (Å²) >= 11 is 1.43. The first-order valence-corrected chi connectivity index (χ1v) is 10.0. The molecule has 0 spiro atoms. The molecule has 4 amide bonds. The van der Waals surface area contributed by atoms with E-state index < -0.39 is 17.8 Å². The molecule has 1 fully saturated rings. The number of furan rings is 1. The Morgan fingerprint density at radius 3 is 2.17 bits per heavy atom. The Kier molecular flexibility index (Phi) is 5.29. The Hall–Kier alpha value is -3.58. The monoisotopic (exact) mass is 418 g/mol. The van der Waals surface area contributed by atoms with E-state index >= 15 is 0 Å². The van der Waals surface area contributed by atoms with Crippen LogP contribution in [0.1, 0.15) is 16.9 Å². The number of urea groups is 1. The Labute approximate surface area is 177 Å². The number of anilines is 1. The van der Waals surface area contributed by atoms with E-state index in [4.69, 9.17) is 4.42 Å². The van der Waals surface area contributed by atoms with Gasteiger partial charge in [-0.1, -0.05) is 47.2 Å². The van der Waals surface area contributed by atoms with Crippen molar-refractivity contribution in [1.29, 1.82) is 0 Å². The van der Waals surface area contributed by atoms with E-state index in [0.29, 0.717) is 16.5 Å². The molecule has 0 bridgehead atoms. The van der Waals surface area contributed by atoms with Crippen LogP contribution in [0, 0.1) is 13.8 Å². The van der Waals surface area contributed by atoms with E-state index in [-0.39, 0.29) is 5.57 Å². The van der Waals surface area contributed by atoms with Crippen molar-refractivity contribution in [1.82, 2.24) is 5.32 Å². The van der Waals surface area contributed by atoms with Crippen LogP contribution < -0.4 is 10.2 Å². The minimum atomic E-state index is -0.777. The van der Waals surface area contributed by atoms with Gasteiger partial charge in [0.2, 0.25) is 0 Å². The SMILES string of the molecule is Cc1ccc(Sc2ccc(/C=C3\C(=O)NC(=O)N(c4ccc(C)cc4)C3=O)o2)cc1. The third-order valence-corrected chi connectivity index (χ3v) is 5.45. The Morgan fingerprint density at radius 2 is 1.50 bits per heavy atom. The first-order valence-electron chi connectivity index (χ1n) is 9.23. The second kappa shape index (κ2) is 8.04. The number of nitrogens with zero attached hydrogens (tertiary/aromatic N) is 1. The number of benzene rings is 2. The van der Waals surface area contributed by atoms with Gasteiger partial charge in [-0.2, -0.15) is 0 Å². The van der Waals surface area contributed by atoms with Gasteiger partial charge in [0.25, 0.3) is 11.8 Å². The summed E-state index contributed by atoms with van der Waals surface area (Å²) in [7, 11) is 0. The highest BCUT2D eigenvalue weighted by Crippen LogP contribution is 2.30. The number of nitrogens with one attached hydrogen (secondary N) is 1. The second-order valence-electron chi connectivity index (χ2n) is 6.87. The molecule has 6 nitrogen and oxygen atoms in total. The zero-order valence-corrected chi connectivity index (χ0v) is 17.2. The van der Waals surface area contributed by atoms with Gasteiger partial charge in [0.15, 0.2) is 5.09 Å². The fourth-order valence-electron chi connectivity index (χ4n) is 2.92. The number of aryl methyl sites for hydroxylation is 2.